The van der Waals surface area contributed by atoms with Gasteiger partial charge in [-0.15, -0.1) is 21.5 Å². The second-order valence-electron chi connectivity index (χ2n) is 7.55. The topological polar surface area (TPSA) is 75.9 Å². The van der Waals surface area contributed by atoms with Gasteiger partial charge in [0.25, 0.3) is 0 Å². The molecule has 0 fully saturated rings. The van der Waals surface area contributed by atoms with Crippen LogP contribution in [0.2, 0.25) is 0 Å². The van der Waals surface area contributed by atoms with Gasteiger partial charge in [-0.25, -0.2) is 4.98 Å². The first-order chi connectivity index (χ1) is 15.4. The Kier molecular flexibility index (Phi) is 6.57. The molecule has 0 aliphatic heterocycles. The number of benzene rings is 2. The maximum Gasteiger partial charge on any atom is 0.236 e. The maximum absolute atomic E-state index is 12.5. The molecule has 2 heterocycles. The van der Waals surface area contributed by atoms with Gasteiger partial charge in [-0.05, 0) is 19.1 Å². The number of thioether (sulfide) groups is 1. The Balaban J connectivity index is 1.38. The van der Waals surface area contributed by atoms with E-state index in [1.54, 1.807) is 0 Å². The smallest absolute Gasteiger partial charge is 0.236 e. The van der Waals surface area contributed by atoms with Gasteiger partial charge in [-0.2, -0.15) is 0 Å². The van der Waals surface area contributed by atoms with E-state index < -0.39 is 0 Å². The van der Waals surface area contributed by atoms with Crippen LogP contribution in [0.5, 0.6) is 0 Å². The van der Waals surface area contributed by atoms with Crippen molar-refractivity contribution in [1.82, 2.24) is 19.7 Å². The second-order valence-corrected chi connectivity index (χ2v) is 9.35. The van der Waals surface area contributed by atoms with Crippen LogP contribution in [0.25, 0.3) is 22.6 Å². The standard InChI is InChI=1S/C23H24N6OS2/c1-15-8-10-16(11-9-15)19-13-31-22(24-19)25-20(30)14-32-23-27-26-21(29(23)4)17-6-5-7-18(12-17)28(2)3/h5-13H,14H2,1-4H3,(H,24,25,30). The fourth-order valence-corrected chi connectivity index (χ4v) is 4.54. The zero-order chi connectivity index (χ0) is 22.7. The molecule has 4 rings (SSSR count). The van der Waals surface area contributed by atoms with Gasteiger partial charge in [0.2, 0.25) is 5.91 Å². The second kappa shape index (κ2) is 9.54. The monoisotopic (exact) mass is 464 g/mol. The predicted octanol–water partition coefficient (Wildman–Crippen LogP) is 4.71. The summed E-state index contributed by atoms with van der Waals surface area (Å²) < 4.78 is 1.91. The molecular weight excluding hydrogens is 440 g/mol. The minimum atomic E-state index is -0.126. The molecule has 2 aromatic carbocycles. The molecule has 0 spiro atoms. The van der Waals surface area contributed by atoms with Gasteiger partial charge in [0.15, 0.2) is 16.1 Å². The molecule has 164 valence electrons. The summed E-state index contributed by atoms with van der Waals surface area (Å²) in [5, 5.41) is 14.7. The van der Waals surface area contributed by atoms with Gasteiger partial charge >= 0.3 is 0 Å². The Morgan fingerprint density at radius 3 is 2.66 bits per heavy atom. The normalized spacial score (nSPS) is 10.9. The van der Waals surface area contributed by atoms with E-state index in [2.05, 4.69) is 45.6 Å². The summed E-state index contributed by atoms with van der Waals surface area (Å²) in [5.41, 5.74) is 5.16. The van der Waals surface area contributed by atoms with Crippen LogP contribution in [0.4, 0.5) is 10.8 Å². The number of aryl methyl sites for hydroxylation is 1. The highest BCUT2D eigenvalue weighted by Crippen LogP contribution is 2.27. The predicted molar refractivity (Wildman–Crippen MR) is 132 cm³/mol. The highest BCUT2D eigenvalue weighted by atomic mass is 32.2. The van der Waals surface area contributed by atoms with Crippen LogP contribution in [0.1, 0.15) is 5.56 Å². The van der Waals surface area contributed by atoms with Crippen molar-refractivity contribution in [1.29, 1.82) is 0 Å². The van der Waals surface area contributed by atoms with E-state index in [4.69, 9.17) is 0 Å². The molecule has 7 nitrogen and oxygen atoms in total. The van der Waals surface area contributed by atoms with Crippen LogP contribution in [0.15, 0.2) is 59.1 Å². The Morgan fingerprint density at radius 2 is 1.91 bits per heavy atom. The molecule has 1 amide bonds. The highest BCUT2D eigenvalue weighted by Gasteiger charge is 2.14. The summed E-state index contributed by atoms with van der Waals surface area (Å²) in [6.07, 6.45) is 0. The van der Waals surface area contributed by atoms with Crippen LogP contribution in [-0.4, -0.2) is 45.5 Å². The molecule has 2 aromatic heterocycles. The largest absolute Gasteiger partial charge is 0.378 e. The number of hydrogen-bond acceptors (Lipinski definition) is 7. The lowest BCUT2D eigenvalue weighted by atomic mass is 10.1. The molecule has 0 saturated heterocycles. The number of hydrogen-bond donors (Lipinski definition) is 1. The van der Waals surface area contributed by atoms with Gasteiger partial charge in [0.05, 0.1) is 11.4 Å². The average Bonchev–Trinajstić information content (AvgIpc) is 3.39. The third kappa shape index (κ3) is 5.00. The molecule has 0 bridgehead atoms. The summed E-state index contributed by atoms with van der Waals surface area (Å²) in [4.78, 5) is 19.0. The van der Waals surface area contributed by atoms with Crippen LogP contribution < -0.4 is 10.2 Å². The zero-order valence-corrected chi connectivity index (χ0v) is 20.0. The van der Waals surface area contributed by atoms with Crippen molar-refractivity contribution in [2.75, 3.05) is 30.1 Å². The minimum absolute atomic E-state index is 0.126. The minimum Gasteiger partial charge on any atom is -0.378 e. The molecule has 0 aliphatic carbocycles. The van der Waals surface area contributed by atoms with E-state index in [1.165, 1.54) is 28.7 Å². The lowest BCUT2D eigenvalue weighted by Gasteiger charge is -2.13. The van der Waals surface area contributed by atoms with Crippen molar-refractivity contribution in [3.8, 4) is 22.6 Å². The summed E-state index contributed by atoms with van der Waals surface area (Å²) >= 11 is 2.77. The van der Waals surface area contributed by atoms with Crippen molar-refractivity contribution < 1.29 is 4.79 Å². The van der Waals surface area contributed by atoms with E-state index in [9.17, 15) is 4.79 Å². The first-order valence-electron chi connectivity index (χ1n) is 10.0. The average molecular weight is 465 g/mol. The number of rotatable bonds is 7. The van der Waals surface area contributed by atoms with Gasteiger partial charge in [-0.1, -0.05) is 53.7 Å². The third-order valence-electron chi connectivity index (χ3n) is 4.89. The van der Waals surface area contributed by atoms with Crippen molar-refractivity contribution in [3.63, 3.8) is 0 Å². The fraction of sp³-hybridized carbons (Fsp3) is 0.217. The molecule has 0 radical (unpaired) electrons. The van der Waals surface area contributed by atoms with Crippen LogP contribution in [0, 0.1) is 6.92 Å². The van der Waals surface area contributed by atoms with Crippen molar-refractivity contribution in [2.45, 2.75) is 12.1 Å². The molecule has 0 atom stereocenters. The fourth-order valence-electron chi connectivity index (χ4n) is 3.09. The number of aromatic nitrogens is 4. The summed E-state index contributed by atoms with van der Waals surface area (Å²) in [6, 6.07) is 16.3. The van der Waals surface area contributed by atoms with E-state index in [-0.39, 0.29) is 11.7 Å². The van der Waals surface area contributed by atoms with Crippen LogP contribution in [0.3, 0.4) is 0 Å². The maximum atomic E-state index is 12.5. The van der Waals surface area contributed by atoms with Gasteiger partial charge in [0, 0.05) is 43.3 Å². The summed E-state index contributed by atoms with van der Waals surface area (Å²) in [6.45, 7) is 2.05. The Hall–Kier alpha value is -3.17. The number of anilines is 2. The van der Waals surface area contributed by atoms with Gasteiger partial charge in [-0.3, -0.25) is 4.79 Å². The van der Waals surface area contributed by atoms with Gasteiger partial charge in [0.1, 0.15) is 0 Å². The molecule has 4 aromatic rings. The number of amides is 1. The molecule has 9 heteroatoms. The Morgan fingerprint density at radius 1 is 1.12 bits per heavy atom. The molecular formula is C23H24N6OS2. The highest BCUT2D eigenvalue weighted by molar-refractivity contribution is 7.99. The van der Waals surface area contributed by atoms with Crippen molar-refractivity contribution >= 4 is 39.8 Å². The quantitative estimate of drug-likeness (QED) is 0.399. The summed E-state index contributed by atoms with van der Waals surface area (Å²) in [7, 11) is 5.91. The zero-order valence-electron chi connectivity index (χ0n) is 18.4. The van der Waals surface area contributed by atoms with Gasteiger partial charge < -0.3 is 14.8 Å². The SMILES string of the molecule is Cc1ccc(-c2csc(NC(=O)CSc3nnc(-c4cccc(N(C)C)c4)n3C)n2)cc1. The van der Waals surface area contributed by atoms with Crippen molar-refractivity contribution in [2.24, 2.45) is 7.05 Å². The molecule has 0 unspecified atom stereocenters. The summed E-state index contributed by atoms with van der Waals surface area (Å²) in [5.74, 6) is 0.863. The molecule has 1 N–H and O–H groups in total. The molecule has 32 heavy (non-hydrogen) atoms. The number of nitrogens with zero attached hydrogens (tertiary/aromatic N) is 5. The molecule has 0 saturated carbocycles. The first-order valence-corrected chi connectivity index (χ1v) is 11.9. The van der Waals surface area contributed by atoms with E-state index >= 15 is 0 Å². The number of carbonyl (C=O) groups excluding carboxylic acids is 1. The van der Waals surface area contributed by atoms with E-state index in [0.29, 0.717) is 10.3 Å². The Labute approximate surface area is 195 Å². The van der Waals surface area contributed by atoms with E-state index in [1.807, 2.05) is 66.3 Å². The van der Waals surface area contributed by atoms with Crippen LogP contribution >= 0.6 is 23.1 Å². The van der Waals surface area contributed by atoms with E-state index in [0.717, 1.165) is 28.3 Å². The third-order valence-corrected chi connectivity index (χ3v) is 6.66. The molecule has 0 aliphatic rings. The first kappa shape index (κ1) is 22.0. The van der Waals surface area contributed by atoms with Crippen LogP contribution in [-0.2, 0) is 11.8 Å². The number of carbonyl (C=O) groups is 1. The lowest BCUT2D eigenvalue weighted by molar-refractivity contribution is -0.113. The number of thiazole rings is 1. The van der Waals surface area contributed by atoms with Crippen molar-refractivity contribution in [3.05, 3.63) is 59.5 Å². The lowest BCUT2D eigenvalue weighted by Crippen LogP contribution is -2.14. The number of nitrogens with one attached hydrogen (secondary N) is 1. The Bertz CT molecular complexity index is 1230.